The highest BCUT2D eigenvalue weighted by atomic mass is 16.5. The van der Waals surface area contributed by atoms with Crippen molar-refractivity contribution in [1.29, 1.82) is 0 Å². The van der Waals surface area contributed by atoms with Crippen molar-refractivity contribution in [3.63, 3.8) is 0 Å². The Morgan fingerprint density at radius 2 is 2.00 bits per heavy atom. The molecule has 0 atom stereocenters. The first-order chi connectivity index (χ1) is 10.3. The fraction of sp³-hybridized carbons (Fsp3) is 0.538. The molecule has 2 aromatic heterocycles. The lowest BCUT2D eigenvalue weighted by Crippen LogP contribution is -2.40. The number of ether oxygens (including phenoxy) is 1. The Kier molecular flexibility index (Phi) is 4.45. The Morgan fingerprint density at radius 1 is 1.32 bits per heavy atom. The molecule has 0 spiro atoms. The zero-order chi connectivity index (χ0) is 16.4. The number of rotatable bonds is 5. The minimum Gasteiger partial charge on any atom is -0.463 e. The zero-order valence-electron chi connectivity index (χ0n) is 13.1. The number of imidazole rings is 1. The summed E-state index contributed by atoms with van der Waals surface area (Å²) in [5.41, 5.74) is -0.596. The molecule has 2 heterocycles. The molecule has 0 N–H and O–H groups in total. The molecule has 0 saturated heterocycles. The molecule has 9 heteroatoms. The second kappa shape index (κ2) is 6.14. The first kappa shape index (κ1) is 16.0. The van der Waals surface area contributed by atoms with E-state index in [9.17, 15) is 14.4 Å². The van der Waals surface area contributed by atoms with Crippen molar-refractivity contribution in [3.8, 4) is 0 Å². The first-order valence-electron chi connectivity index (χ1n) is 6.74. The molecule has 0 aromatic carbocycles. The van der Waals surface area contributed by atoms with Crippen LogP contribution in [0, 0.1) is 0 Å². The lowest BCUT2D eigenvalue weighted by atomic mass is 10.4. The summed E-state index contributed by atoms with van der Waals surface area (Å²) in [6.45, 7) is 0.540. The average molecular weight is 309 g/mol. The Bertz CT molecular complexity index is 814. The maximum atomic E-state index is 12.2. The van der Waals surface area contributed by atoms with Crippen molar-refractivity contribution >= 4 is 17.1 Å². The van der Waals surface area contributed by atoms with E-state index in [1.165, 1.54) is 17.9 Å². The number of carbonyl (C=O) groups is 1. The van der Waals surface area contributed by atoms with E-state index in [4.69, 9.17) is 4.74 Å². The van der Waals surface area contributed by atoms with Gasteiger partial charge in [0, 0.05) is 20.6 Å². The van der Waals surface area contributed by atoms with E-state index in [2.05, 4.69) is 4.98 Å². The minimum absolute atomic E-state index is 0.181. The van der Waals surface area contributed by atoms with Crippen LogP contribution < -0.4 is 11.2 Å². The van der Waals surface area contributed by atoms with Crippen LogP contribution in [0.15, 0.2) is 15.9 Å². The van der Waals surface area contributed by atoms with Gasteiger partial charge in [-0.15, -0.1) is 0 Å². The smallest absolute Gasteiger partial charge is 0.333 e. The summed E-state index contributed by atoms with van der Waals surface area (Å²) >= 11 is 0. The summed E-state index contributed by atoms with van der Waals surface area (Å²) < 4.78 is 8.70. The number of fused-ring (bicyclic) bond motifs is 1. The van der Waals surface area contributed by atoms with Crippen LogP contribution in [0.2, 0.25) is 0 Å². The topological polar surface area (TPSA) is 91.4 Å². The van der Waals surface area contributed by atoms with Crippen molar-refractivity contribution in [2.45, 2.75) is 6.54 Å². The first-order valence-corrected chi connectivity index (χ1v) is 6.74. The molecule has 0 fully saturated rings. The summed E-state index contributed by atoms with van der Waals surface area (Å²) in [5, 5.41) is 0. The van der Waals surface area contributed by atoms with E-state index in [0.717, 1.165) is 9.13 Å². The summed E-state index contributed by atoms with van der Waals surface area (Å²) in [5.74, 6) is -0.547. The Labute approximate surface area is 126 Å². The van der Waals surface area contributed by atoms with Crippen LogP contribution in [-0.4, -0.2) is 56.8 Å². The van der Waals surface area contributed by atoms with Crippen molar-refractivity contribution in [1.82, 2.24) is 23.6 Å². The molecule has 2 aromatic rings. The second-order valence-electron chi connectivity index (χ2n) is 5.28. The molecule has 22 heavy (non-hydrogen) atoms. The van der Waals surface area contributed by atoms with Gasteiger partial charge < -0.3 is 14.2 Å². The van der Waals surface area contributed by atoms with E-state index in [0.29, 0.717) is 6.54 Å². The van der Waals surface area contributed by atoms with Crippen molar-refractivity contribution in [2.24, 2.45) is 14.1 Å². The van der Waals surface area contributed by atoms with Gasteiger partial charge in [0.1, 0.15) is 13.2 Å². The molecule has 0 aliphatic rings. The highest BCUT2D eigenvalue weighted by Crippen LogP contribution is 2.04. The van der Waals surface area contributed by atoms with Crippen molar-refractivity contribution in [2.75, 3.05) is 27.2 Å². The Balaban J connectivity index is 2.34. The normalized spacial score (nSPS) is 11.3. The van der Waals surface area contributed by atoms with Crippen LogP contribution in [-0.2, 0) is 30.2 Å². The highest BCUT2D eigenvalue weighted by molar-refractivity contribution is 5.74. The fourth-order valence-corrected chi connectivity index (χ4v) is 2.04. The Morgan fingerprint density at radius 3 is 2.64 bits per heavy atom. The highest BCUT2D eigenvalue weighted by Gasteiger charge is 2.17. The third-order valence-corrected chi connectivity index (χ3v) is 3.29. The maximum Gasteiger partial charge on any atom is 0.333 e. The SMILES string of the molecule is CN(C)CCOC(=O)Cn1c(=O)n(C)c(=O)c2c1ncn2C. The largest absolute Gasteiger partial charge is 0.463 e. The summed E-state index contributed by atoms with van der Waals surface area (Å²) in [4.78, 5) is 42.1. The standard InChI is InChI=1S/C13H19N5O4/c1-15(2)5-6-22-9(19)7-18-11-10(16(3)8-14-11)12(20)17(4)13(18)21/h8H,5-7H2,1-4H3. The predicted molar refractivity (Wildman–Crippen MR) is 79.7 cm³/mol. The van der Waals surface area contributed by atoms with Gasteiger partial charge in [0.15, 0.2) is 11.2 Å². The van der Waals surface area contributed by atoms with E-state index in [-0.39, 0.29) is 24.3 Å². The number of carbonyl (C=O) groups excluding carboxylic acids is 1. The van der Waals surface area contributed by atoms with Gasteiger partial charge in [0.2, 0.25) is 0 Å². The van der Waals surface area contributed by atoms with Gasteiger partial charge in [-0.3, -0.25) is 18.7 Å². The fourth-order valence-electron chi connectivity index (χ4n) is 2.04. The minimum atomic E-state index is -0.597. The monoisotopic (exact) mass is 309 g/mol. The van der Waals surface area contributed by atoms with E-state index >= 15 is 0 Å². The Hall–Kier alpha value is -2.42. The van der Waals surface area contributed by atoms with Crippen molar-refractivity contribution in [3.05, 3.63) is 27.2 Å². The van der Waals surface area contributed by atoms with Crippen LogP contribution in [0.1, 0.15) is 0 Å². The summed E-state index contributed by atoms with van der Waals surface area (Å²) in [6.07, 6.45) is 1.43. The van der Waals surface area contributed by atoms with Gasteiger partial charge >= 0.3 is 11.7 Å². The van der Waals surface area contributed by atoms with E-state index in [1.54, 1.807) is 7.05 Å². The van der Waals surface area contributed by atoms with Gasteiger partial charge in [0.25, 0.3) is 5.56 Å². The van der Waals surface area contributed by atoms with Gasteiger partial charge in [0.05, 0.1) is 6.33 Å². The number of nitrogens with zero attached hydrogens (tertiary/aromatic N) is 5. The number of likely N-dealkylation sites (N-methyl/N-ethyl adjacent to an activating group) is 1. The van der Waals surface area contributed by atoms with Gasteiger partial charge in [-0.1, -0.05) is 0 Å². The van der Waals surface area contributed by atoms with Crippen LogP contribution in [0.25, 0.3) is 11.2 Å². The molecule has 0 unspecified atom stereocenters. The summed E-state index contributed by atoms with van der Waals surface area (Å²) in [7, 11) is 6.75. The molecule has 120 valence electrons. The maximum absolute atomic E-state index is 12.2. The summed E-state index contributed by atoms with van der Waals surface area (Å²) in [6, 6.07) is 0. The number of aromatic nitrogens is 4. The van der Waals surface area contributed by atoms with E-state index in [1.807, 2.05) is 19.0 Å². The zero-order valence-corrected chi connectivity index (χ0v) is 13.1. The molecule has 0 radical (unpaired) electrons. The number of aryl methyl sites for hydroxylation is 1. The van der Waals surface area contributed by atoms with E-state index < -0.39 is 17.2 Å². The quantitative estimate of drug-likeness (QED) is 0.627. The molecular formula is C13H19N5O4. The van der Waals surface area contributed by atoms with Crippen molar-refractivity contribution < 1.29 is 9.53 Å². The third kappa shape index (κ3) is 2.93. The molecule has 0 bridgehead atoms. The van der Waals surface area contributed by atoms with Crippen LogP contribution >= 0.6 is 0 Å². The molecule has 0 aliphatic heterocycles. The van der Waals surface area contributed by atoms with Crippen LogP contribution in [0.3, 0.4) is 0 Å². The molecule has 9 nitrogen and oxygen atoms in total. The lowest BCUT2D eigenvalue weighted by molar-refractivity contribution is -0.144. The molecule has 0 amide bonds. The molecule has 0 aliphatic carbocycles. The molecule has 0 saturated carbocycles. The number of hydrogen-bond acceptors (Lipinski definition) is 6. The van der Waals surface area contributed by atoms with Crippen LogP contribution in [0.4, 0.5) is 0 Å². The van der Waals surface area contributed by atoms with Gasteiger partial charge in [-0.25, -0.2) is 9.78 Å². The van der Waals surface area contributed by atoms with Gasteiger partial charge in [-0.2, -0.15) is 0 Å². The number of hydrogen-bond donors (Lipinski definition) is 0. The second-order valence-corrected chi connectivity index (χ2v) is 5.28. The number of esters is 1. The van der Waals surface area contributed by atoms with Crippen LogP contribution in [0.5, 0.6) is 0 Å². The lowest BCUT2D eigenvalue weighted by Gasteiger charge is -2.11. The third-order valence-electron chi connectivity index (χ3n) is 3.29. The predicted octanol–water partition coefficient (Wildman–Crippen LogP) is -1.46. The molecular weight excluding hydrogens is 290 g/mol. The molecule has 2 rings (SSSR count). The average Bonchev–Trinajstić information content (AvgIpc) is 2.82. The van der Waals surface area contributed by atoms with Gasteiger partial charge in [-0.05, 0) is 14.1 Å².